The summed E-state index contributed by atoms with van der Waals surface area (Å²) < 4.78 is 30.1. The molecule has 3 heterocycles. The Hall–Kier alpha value is -3.38. The third-order valence-electron chi connectivity index (χ3n) is 5.79. The van der Waals surface area contributed by atoms with E-state index in [1.54, 1.807) is 4.68 Å². The van der Waals surface area contributed by atoms with Crippen LogP contribution < -0.4 is 16.0 Å². The quantitative estimate of drug-likeness (QED) is 0.317. The normalized spacial score (nSPS) is 16.2. The molecule has 12 heteroatoms. The van der Waals surface area contributed by atoms with E-state index >= 15 is 0 Å². The van der Waals surface area contributed by atoms with Crippen LogP contribution in [0.25, 0.3) is 10.6 Å². The van der Waals surface area contributed by atoms with Gasteiger partial charge in [0.1, 0.15) is 33.6 Å². The van der Waals surface area contributed by atoms with Crippen LogP contribution >= 0.6 is 11.3 Å². The molecule has 4 rings (SSSR count). The second-order valence-electron chi connectivity index (χ2n) is 8.27. The van der Waals surface area contributed by atoms with E-state index in [1.807, 2.05) is 4.90 Å². The molecule has 0 bridgehead atoms. The molecule has 2 aromatic heterocycles. The number of hydrogen-bond acceptors (Lipinski definition) is 8. The number of aldehydes is 1. The molecule has 0 spiro atoms. The van der Waals surface area contributed by atoms with Crippen molar-refractivity contribution in [1.82, 2.24) is 14.8 Å². The van der Waals surface area contributed by atoms with E-state index in [0.29, 0.717) is 56.8 Å². The smallest absolute Gasteiger partial charge is 0.277 e. The number of aliphatic hydroxyl groups excluding tert-OH is 1. The summed E-state index contributed by atoms with van der Waals surface area (Å²) in [6, 6.07) is 3.47. The summed E-state index contributed by atoms with van der Waals surface area (Å²) in [5, 5.41) is 17.2. The zero-order chi connectivity index (χ0) is 24.9. The fraction of sp³-hybridized carbons (Fsp3) is 0.391. The minimum absolute atomic E-state index is 0.0259. The van der Waals surface area contributed by atoms with Crippen molar-refractivity contribution in [3.8, 4) is 10.6 Å². The third kappa shape index (κ3) is 5.49. The van der Waals surface area contributed by atoms with Crippen LogP contribution in [0.5, 0.6) is 0 Å². The molecule has 1 amide bonds. The van der Waals surface area contributed by atoms with Gasteiger partial charge in [-0.1, -0.05) is 17.4 Å². The van der Waals surface area contributed by atoms with Gasteiger partial charge >= 0.3 is 0 Å². The molecule has 9 nitrogen and oxygen atoms in total. The first-order valence-electron chi connectivity index (χ1n) is 11.3. The van der Waals surface area contributed by atoms with Gasteiger partial charge in [-0.15, -0.1) is 0 Å². The lowest BCUT2D eigenvalue weighted by atomic mass is 10.2. The molecular weight excluding hydrogens is 478 g/mol. The topological polar surface area (TPSA) is 126 Å². The number of aromatic nitrogens is 3. The van der Waals surface area contributed by atoms with Crippen LogP contribution in [0.2, 0.25) is 0 Å². The van der Waals surface area contributed by atoms with Gasteiger partial charge in [-0.2, -0.15) is 5.10 Å². The van der Waals surface area contributed by atoms with Crippen LogP contribution in [0.15, 0.2) is 24.4 Å². The van der Waals surface area contributed by atoms with E-state index in [1.165, 1.54) is 12.3 Å². The summed E-state index contributed by atoms with van der Waals surface area (Å²) >= 11 is 0.822. The second-order valence-corrected chi connectivity index (χ2v) is 9.30. The summed E-state index contributed by atoms with van der Waals surface area (Å²) in [6.07, 6.45) is 4.95. The minimum atomic E-state index is -0.798. The largest absolute Gasteiger partial charge is 0.393 e. The number of aliphatic hydroxyl groups is 1. The Morgan fingerprint density at radius 3 is 2.80 bits per heavy atom. The number of nitrogens with one attached hydrogen (secondary N) is 1. The molecule has 1 unspecified atom stereocenters. The number of carbonyl (C=O) groups is 2. The molecule has 1 aromatic carbocycles. The Morgan fingerprint density at radius 1 is 1.29 bits per heavy atom. The number of nitrogens with zero attached hydrogens (tertiary/aromatic N) is 4. The van der Waals surface area contributed by atoms with Crippen molar-refractivity contribution in [2.24, 2.45) is 0 Å². The molecule has 1 aliphatic heterocycles. The number of unbranched alkanes of at least 4 members (excludes halogenated alkanes) is 1. The van der Waals surface area contributed by atoms with Crippen molar-refractivity contribution in [3.63, 3.8) is 0 Å². The number of rotatable bonds is 8. The van der Waals surface area contributed by atoms with Gasteiger partial charge in [-0.05, 0) is 37.8 Å². The van der Waals surface area contributed by atoms with E-state index in [4.69, 9.17) is 5.73 Å². The first-order chi connectivity index (χ1) is 16.9. The molecule has 0 aliphatic carbocycles. The number of aryl methyl sites for hydroxylation is 1. The van der Waals surface area contributed by atoms with Gasteiger partial charge in [0.25, 0.3) is 5.91 Å². The van der Waals surface area contributed by atoms with Crippen LogP contribution in [0.4, 0.5) is 25.3 Å². The molecule has 0 saturated carbocycles. The number of thiazole rings is 1. The molecule has 1 aliphatic rings. The maximum Gasteiger partial charge on any atom is 0.277 e. The third-order valence-corrected chi connectivity index (χ3v) is 6.70. The summed E-state index contributed by atoms with van der Waals surface area (Å²) in [5.74, 6) is -1.57. The van der Waals surface area contributed by atoms with Crippen molar-refractivity contribution >= 4 is 40.0 Å². The molecule has 1 fully saturated rings. The maximum atomic E-state index is 14.2. The van der Waals surface area contributed by atoms with Crippen LogP contribution in [-0.2, 0) is 11.3 Å². The van der Waals surface area contributed by atoms with Gasteiger partial charge in [-0.25, -0.2) is 18.4 Å². The van der Waals surface area contributed by atoms with E-state index in [2.05, 4.69) is 15.4 Å². The zero-order valence-electron chi connectivity index (χ0n) is 18.9. The average Bonchev–Trinajstić information content (AvgIpc) is 3.32. The first-order valence-corrected chi connectivity index (χ1v) is 12.1. The van der Waals surface area contributed by atoms with Gasteiger partial charge < -0.3 is 25.9 Å². The lowest BCUT2D eigenvalue weighted by Crippen LogP contribution is -2.29. The standard InChI is InChI=1S/C23H26F2N6O3S/c24-15-6-3-7-16(25)18(15)22-29-19(20(26)35-22)21(34)28-17-13-27-31(10-1-2-12-32)23(17)30-9-4-5-14(33)8-11-30/h3,6-7,12-14,33H,1-2,4-5,8-11,26H2,(H,28,34). The molecule has 0 radical (unpaired) electrons. The Bertz CT molecular complexity index is 1190. The molecular formula is C23H26F2N6O3S. The van der Waals surface area contributed by atoms with Gasteiger partial charge in [0.05, 0.1) is 17.9 Å². The number of carbonyl (C=O) groups excluding carboxylic acids is 2. The lowest BCUT2D eigenvalue weighted by molar-refractivity contribution is -0.107. The lowest BCUT2D eigenvalue weighted by Gasteiger charge is -2.25. The SMILES string of the molecule is Nc1sc(-c2c(F)cccc2F)nc1C(=O)Nc1cnn(CCCC=O)c1N1CCCC(O)CC1. The van der Waals surface area contributed by atoms with Crippen molar-refractivity contribution in [1.29, 1.82) is 0 Å². The summed E-state index contributed by atoms with van der Waals surface area (Å²) in [6.45, 7) is 1.70. The fourth-order valence-electron chi connectivity index (χ4n) is 4.06. The van der Waals surface area contributed by atoms with Gasteiger partial charge in [0.2, 0.25) is 0 Å². The highest BCUT2D eigenvalue weighted by atomic mass is 32.1. The number of nitrogens with two attached hydrogens (primary N) is 1. The van der Waals surface area contributed by atoms with E-state index in [9.17, 15) is 23.5 Å². The first kappa shape index (κ1) is 24.7. The Kier molecular flexibility index (Phi) is 7.71. The number of nitrogen functional groups attached to an aromatic ring is 1. The monoisotopic (exact) mass is 504 g/mol. The van der Waals surface area contributed by atoms with Crippen molar-refractivity contribution in [2.75, 3.05) is 29.0 Å². The Labute approximate surface area is 204 Å². The highest BCUT2D eigenvalue weighted by Gasteiger charge is 2.26. The minimum Gasteiger partial charge on any atom is -0.393 e. The van der Waals surface area contributed by atoms with Crippen LogP contribution in [0.1, 0.15) is 42.6 Å². The molecule has 35 heavy (non-hydrogen) atoms. The summed E-state index contributed by atoms with van der Waals surface area (Å²) in [5.41, 5.74) is 5.94. The summed E-state index contributed by atoms with van der Waals surface area (Å²) in [7, 11) is 0. The highest BCUT2D eigenvalue weighted by Crippen LogP contribution is 2.35. The van der Waals surface area contributed by atoms with Crippen molar-refractivity contribution in [3.05, 3.63) is 41.7 Å². The predicted octanol–water partition coefficient (Wildman–Crippen LogP) is 3.45. The zero-order valence-corrected chi connectivity index (χ0v) is 19.7. The molecule has 4 N–H and O–H groups in total. The molecule has 1 saturated heterocycles. The molecule has 1 atom stereocenters. The Balaban J connectivity index is 1.62. The van der Waals surface area contributed by atoms with E-state index in [0.717, 1.165) is 36.2 Å². The van der Waals surface area contributed by atoms with Crippen molar-refractivity contribution < 1.29 is 23.5 Å². The van der Waals surface area contributed by atoms with Crippen LogP contribution in [0, 0.1) is 11.6 Å². The summed E-state index contributed by atoms with van der Waals surface area (Å²) in [4.78, 5) is 30.0. The predicted molar refractivity (Wildman–Crippen MR) is 129 cm³/mol. The molecule has 186 valence electrons. The second kappa shape index (κ2) is 10.9. The maximum absolute atomic E-state index is 14.2. The van der Waals surface area contributed by atoms with Crippen LogP contribution in [-0.4, -0.2) is 51.3 Å². The van der Waals surface area contributed by atoms with Gasteiger partial charge in [0, 0.05) is 26.1 Å². The van der Waals surface area contributed by atoms with Gasteiger partial charge in [0.15, 0.2) is 11.5 Å². The molecule has 3 aromatic rings. The van der Waals surface area contributed by atoms with E-state index < -0.39 is 23.6 Å². The number of hydrogen-bond donors (Lipinski definition) is 3. The fourth-order valence-corrected chi connectivity index (χ4v) is 4.94. The Morgan fingerprint density at radius 2 is 2.06 bits per heavy atom. The average molecular weight is 505 g/mol. The number of benzene rings is 1. The number of amides is 1. The highest BCUT2D eigenvalue weighted by molar-refractivity contribution is 7.19. The van der Waals surface area contributed by atoms with Crippen molar-refractivity contribution in [2.45, 2.75) is 44.8 Å². The number of halogens is 2. The van der Waals surface area contributed by atoms with Crippen LogP contribution in [0.3, 0.4) is 0 Å². The van der Waals surface area contributed by atoms with Gasteiger partial charge in [-0.3, -0.25) is 4.79 Å². The number of anilines is 3. The van der Waals surface area contributed by atoms with E-state index in [-0.39, 0.29) is 21.3 Å².